The highest BCUT2D eigenvalue weighted by atomic mass is 19.1. The van der Waals surface area contributed by atoms with Crippen LogP contribution in [0.5, 0.6) is 0 Å². The first kappa shape index (κ1) is 12.0. The van der Waals surface area contributed by atoms with Crippen LogP contribution in [-0.2, 0) is 0 Å². The maximum Gasteiger partial charge on any atom is 0.162 e. The van der Waals surface area contributed by atoms with E-state index in [4.69, 9.17) is 0 Å². The van der Waals surface area contributed by atoms with Crippen molar-refractivity contribution in [1.29, 1.82) is 0 Å². The number of rotatable bonds is 3. The third-order valence-corrected chi connectivity index (χ3v) is 3.14. The zero-order valence-corrected chi connectivity index (χ0v) is 10.1. The summed E-state index contributed by atoms with van der Waals surface area (Å²) >= 11 is 0. The summed E-state index contributed by atoms with van der Waals surface area (Å²) in [7, 11) is 0. The van der Waals surface area contributed by atoms with Crippen LogP contribution in [0.3, 0.4) is 0 Å². The lowest BCUT2D eigenvalue weighted by molar-refractivity contribution is -0.655. The predicted molar refractivity (Wildman–Crippen MR) is 64.9 cm³/mol. The Morgan fingerprint density at radius 2 is 2.12 bits per heavy atom. The van der Waals surface area contributed by atoms with Crippen LogP contribution in [0.4, 0.5) is 10.1 Å². The Bertz CT molecular complexity index is 414. The number of halogens is 1. The van der Waals surface area contributed by atoms with Gasteiger partial charge in [-0.2, -0.15) is 0 Å². The summed E-state index contributed by atoms with van der Waals surface area (Å²) in [5.74, 6) is -0.298. The minimum absolute atomic E-state index is 0.0116. The van der Waals surface area contributed by atoms with Gasteiger partial charge in [-0.1, -0.05) is 6.92 Å². The molecule has 1 saturated heterocycles. The summed E-state index contributed by atoms with van der Waals surface area (Å²) in [5.41, 5.74) is 1.09. The van der Waals surface area contributed by atoms with Gasteiger partial charge >= 0.3 is 0 Å². The largest absolute Gasteiger partial charge is 0.358 e. The van der Waals surface area contributed by atoms with Crippen LogP contribution in [0.2, 0.25) is 0 Å². The van der Waals surface area contributed by atoms with Crippen molar-refractivity contribution in [2.45, 2.75) is 13.3 Å². The van der Waals surface area contributed by atoms with Crippen molar-refractivity contribution in [2.75, 3.05) is 31.1 Å². The molecule has 1 heterocycles. The average Bonchev–Trinajstić information content (AvgIpc) is 2.38. The van der Waals surface area contributed by atoms with Crippen LogP contribution >= 0.6 is 0 Å². The van der Waals surface area contributed by atoms with Gasteiger partial charge in [-0.05, 0) is 18.2 Å². The molecule has 0 radical (unpaired) electrons. The Kier molecular flexibility index (Phi) is 3.74. The zero-order valence-electron chi connectivity index (χ0n) is 10.1. The highest BCUT2D eigenvalue weighted by Crippen LogP contribution is 2.21. The molecule has 17 heavy (non-hydrogen) atoms. The quantitative estimate of drug-likeness (QED) is 0.790. The summed E-state index contributed by atoms with van der Waals surface area (Å²) in [5, 5.41) is 2.23. The van der Waals surface area contributed by atoms with E-state index in [1.165, 1.54) is 6.07 Å². The third kappa shape index (κ3) is 2.64. The molecule has 0 aliphatic carbocycles. The van der Waals surface area contributed by atoms with Gasteiger partial charge in [0.1, 0.15) is 5.82 Å². The van der Waals surface area contributed by atoms with Crippen LogP contribution in [-0.4, -0.2) is 32.0 Å². The van der Waals surface area contributed by atoms with Crippen molar-refractivity contribution in [3.63, 3.8) is 0 Å². The number of Topliss-reactive ketones (excluding diaryl/α,β-unsaturated/α-hetero) is 1. The van der Waals surface area contributed by atoms with Crippen molar-refractivity contribution < 1.29 is 14.5 Å². The first-order chi connectivity index (χ1) is 8.22. The van der Waals surface area contributed by atoms with Gasteiger partial charge in [0.15, 0.2) is 5.78 Å². The van der Waals surface area contributed by atoms with E-state index < -0.39 is 0 Å². The van der Waals surface area contributed by atoms with Gasteiger partial charge in [-0.25, -0.2) is 4.39 Å². The Balaban J connectivity index is 2.21. The smallest absolute Gasteiger partial charge is 0.162 e. The van der Waals surface area contributed by atoms with E-state index >= 15 is 0 Å². The summed E-state index contributed by atoms with van der Waals surface area (Å²) < 4.78 is 13.9. The number of anilines is 1. The molecule has 1 aliphatic rings. The highest BCUT2D eigenvalue weighted by molar-refractivity contribution is 5.96. The lowest BCUT2D eigenvalue weighted by atomic mass is 10.1. The molecule has 0 spiro atoms. The van der Waals surface area contributed by atoms with E-state index in [9.17, 15) is 9.18 Å². The molecule has 1 aliphatic heterocycles. The highest BCUT2D eigenvalue weighted by Gasteiger charge is 2.17. The topological polar surface area (TPSA) is 36.9 Å². The monoisotopic (exact) mass is 237 g/mol. The van der Waals surface area contributed by atoms with Gasteiger partial charge in [0.05, 0.1) is 31.9 Å². The first-order valence-electron chi connectivity index (χ1n) is 6.11. The normalized spacial score (nSPS) is 16.0. The Morgan fingerprint density at radius 3 is 2.71 bits per heavy atom. The number of hydrogen-bond donors (Lipinski definition) is 1. The van der Waals surface area contributed by atoms with Gasteiger partial charge in [0.25, 0.3) is 0 Å². The van der Waals surface area contributed by atoms with Crippen LogP contribution in [0.25, 0.3) is 0 Å². The van der Waals surface area contributed by atoms with Crippen LogP contribution < -0.4 is 10.2 Å². The molecule has 92 valence electrons. The van der Waals surface area contributed by atoms with E-state index in [-0.39, 0.29) is 11.6 Å². The summed E-state index contributed by atoms with van der Waals surface area (Å²) in [6.45, 7) is 5.49. The first-order valence-corrected chi connectivity index (χ1v) is 6.11. The molecule has 0 amide bonds. The summed E-state index contributed by atoms with van der Waals surface area (Å²) in [4.78, 5) is 13.5. The second-order valence-corrected chi connectivity index (χ2v) is 4.30. The van der Waals surface area contributed by atoms with Crippen molar-refractivity contribution >= 4 is 11.5 Å². The Morgan fingerprint density at radius 1 is 1.41 bits per heavy atom. The van der Waals surface area contributed by atoms with Crippen molar-refractivity contribution in [3.05, 3.63) is 29.6 Å². The fourth-order valence-corrected chi connectivity index (χ4v) is 2.13. The van der Waals surface area contributed by atoms with Gasteiger partial charge in [0.2, 0.25) is 0 Å². The molecule has 0 aromatic heterocycles. The standard InChI is InChI=1S/C13H17FN2O/c1-2-13(17)10-3-4-12(11(14)9-10)16-7-5-15-6-8-16/h3-4,9,15H,2,5-8H2,1H3/p+1. The average molecular weight is 237 g/mol. The molecule has 0 saturated carbocycles. The number of benzene rings is 1. The van der Waals surface area contributed by atoms with Crippen molar-refractivity contribution in [1.82, 2.24) is 0 Å². The predicted octanol–water partition coefficient (Wildman–Crippen LogP) is 0.802. The molecule has 0 unspecified atom stereocenters. The Labute approximate surface area is 101 Å². The van der Waals surface area contributed by atoms with Gasteiger partial charge < -0.3 is 10.2 Å². The van der Waals surface area contributed by atoms with E-state index in [0.29, 0.717) is 17.7 Å². The number of ketones is 1. The van der Waals surface area contributed by atoms with Crippen LogP contribution in [0.15, 0.2) is 18.2 Å². The van der Waals surface area contributed by atoms with Crippen molar-refractivity contribution in [3.8, 4) is 0 Å². The van der Waals surface area contributed by atoms with E-state index in [1.54, 1.807) is 19.1 Å². The molecule has 2 N–H and O–H groups in total. The van der Waals surface area contributed by atoms with Crippen LogP contribution in [0, 0.1) is 5.82 Å². The maximum atomic E-state index is 13.9. The van der Waals surface area contributed by atoms with Gasteiger partial charge in [-0.3, -0.25) is 4.79 Å². The minimum Gasteiger partial charge on any atom is -0.358 e. The van der Waals surface area contributed by atoms with Gasteiger partial charge in [0, 0.05) is 12.0 Å². The number of carbonyl (C=O) groups excluding carboxylic acids is 1. The van der Waals surface area contributed by atoms with Gasteiger partial charge in [-0.15, -0.1) is 0 Å². The molecule has 4 heteroatoms. The number of carbonyl (C=O) groups is 1. The van der Waals surface area contributed by atoms with Crippen LogP contribution in [0.1, 0.15) is 23.7 Å². The molecule has 0 bridgehead atoms. The van der Waals surface area contributed by atoms with E-state index in [1.807, 2.05) is 4.90 Å². The second-order valence-electron chi connectivity index (χ2n) is 4.30. The number of quaternary nitrogens is 1. The number of nitrogens with zero attached hydrogens (tertiary/aromatic N) is 1. The van der Waals surface area contributed by atoms with Crippen molar-refractivity contribution in [2.24, 2.45) is 0 Å². The number of hydrogen-bond acceptors (Lipinski definition) is 2. The Hall–Kier alpha value is -1.42. The minimum atomic E-state index is -0.286. The molecular formula is C13H18FN2O+. The summed E-state index contributed by atoms with van der Waals surface area (Å²) in [6.07, 6.45) is 0.414. The molecule has 1 aromatic carbocycles. The fraction of sp³-hybridized carbons (Fsp3) is 0.462. The number of piperazine rings is 1. The van der Waals surface area contributed by atoms with E-state index in [2.05, 4.69) is 5.32 Å². The number of nitrogens with two attached hydrogens (primary N) is 1. The molecule has 3 nitrogen and oxygen atoms in total. The molecular weight excluding hydrogens is 219 g/mol. The molecule has 1 fully saturated rings. The lowest BCUT2D eigenvalue weighted by Crippen LogP contribution is -2.89. The zero-order chi connectivity index (χ0) is 12.3. The molecule has 1 aromatic rings. The SMILES string of the molecule is CCC(=O)c1ccc(N2CC[NH2+]CC2)c(F)c1. The lowest BCUT2D eigenvalue weighted by Gasteiger charge is -2.27. The second kappa shape index (κ2) is 5.27. The molecule has 0 atom stereocenters. The summed E-state index contributed by atoms with van der Waals surface area (Å²) in [6, 6.07) is 4.81. The maximum absolute atomic E-state index is 13.9. The van der Waals surface area contributed by atoms with E-state index in [0.717, 1.165) is 26.2 Å². The fourth-order valence-electron chi connectivity index (χ4n) is 2.13. The third-order valence-electron chi connectivity index (χ3n) is 3.14. The molecule has 2 rings (SSSR count).